The van der Waals surface area contributed by atoms with Crippen molar-refractivity contribution in [2.45, 2.75) is 13.5 Å². The molecule has 2 aromatic heterocycles. The maximum Gasteiger partial charge on any atom is 0.258 e. The van der Waals surface area contributed by atoms with Crippen molar-refractivity contribution in [2.75, 3.05) is 7.11 Å². The number of benzene rings is 1. The Morgan fingerprint density at radius 2 is 2.04 bits per heavy atom. The van der Waals surface area contributed by atoms with Crippen LogP contribution in [0, 0.1) is 6.92 Å². The summed E-state index contributed by atoms with van der Waals surface area (Å²) in [5.74, 6) is 0.985. The Labute approximate surface area is 138 Å². The molecule has 3 aromatic rings. The number of aryl methyl sites for hydroxylation is 1. The molecule has 3 rings (SSSR count). The summed E-state index contributed by atoms with van der Waals surface area (Å²) in [6, 6.07) is 10.0. The van der Waals surface area contributed by atoms with Gasteiger partial charge in [-0.3, -0.25) is 14.0 Å². The molecule has 0 radical (unpaired) electrons. The Hall–Kier alpha value is -3.15. The quantitative estimate of drug-likeness (QED) is 0.674. The number of nitrogens with zero attached hydrogens (tertiary/aromatic N) is 2. The van der Waals surface area contributed by atoms with E-state index in [1.54, 1.807) is 30.5 Å². The average molecular weight is 324 g/mol. The molecular formula is C18H16N2O4. The van der Waals surface area contributed by atoms with E-state index >= 15 is 0 Å². The molecular weight excluding hydrogens is 308 g/mol. The Morgan fingerprint density at radius 3 is 2.79 bits per heavy atom. The molecule has 2 heterocycles. The highest BCUT2D eigenvalue weighted by Gasteiger charge is 2.08. The molecule has 0 aliphatic rings. The van der Waals surface area contributed by atoms with Crippen LogP contribution in [0.25, 0.3) is 5.65 Å². The number of carbonyl (C=O) groups excluding carboxylic acids is 1. The second-order valence-electron chi connectivity index (χ2n) is 5.33. The maximum atomic E-state index is 12.2. The predicted molar refractivity (Wildman–Crippen MR) is 88.9 cm³/mol. The van der Waals surface area contributed by atoms with Crippen molar-refractivity contribution in [3.63, 3.8) is 0 Å². The zero-order valence-corrected chi connectivity index (χ0v) is 13.4. The number of hydrogen-bond donors (Lipinski definition) is 0. The molecule has 0 N–H and O–H groups in total. The summed E-state index contributed by atoms with van der Waals surface area (Å²) in [6.45, 7) is 2.00. The van der Waals surface area contributed by atoms with Gasteiger partial charge in [0.2, 0.25) is 0 Å². The summed E-state index contributed by atoms with van der Waals surface area (Å²) in [4.78, 5) is 27.7. The van der Waals surface area contributed by atoms with Gasteiger partial charge < -0.3 is 9.47 Å². The van der Waals surface area contributed by atoms with Crippen LogP contribution in [0.3, 0.4) is 0 Å². The van der Waals surface area contributed by atoms with Crippen molar-refractivity contribution in [2.24, 2.45) is 0 Å². The number of pyridine rings is 1. The molecule has 0 bridgehead atoms. The minimum absolute atomic E-state index is 0.0901. The molecule has 0 atom stereocenters. The number of fused-ring (bicyclic) bond motifs is 1. The molecule has 0 saturated heterocycles. The summed E-state index contributed by atoms with van der Waals surface area (Å²) in [6.07, 6.45) is 2.44. The first kappa shape index (κ1) is 15.7. The number of carbonyl (C=O) groups is 1. The fourth-order valence-corrected chi connectivity index (χ4v) is 2.36. The molecule has 6 heteroatoms. The van der Waals surface area contributed by atoms with Crippen molar-refractivity contribution in [1.29, 1.82) is 0 Å². The Balaban J connectivity index is 1.87. The molecule has 122 valence electrons. The van der Waals surface area contributed by atoms with Gasteiger partial charge >= 0.3 is 0 Å². The molecule has 0 amide bonds. The van der Waals surface area contributed by atoms with Crippen LogP contribution in [-0.2, 0) is 6.61 Å². The number of ether oxygens (including phenoxy) is 2. The molecule has 0 aliphatic heterocycles. The lowest BCUT2D eigenvalue weighted by Crippen LogP contribution is -2.16. The van der Waals surface area contributed by atoms with Crippen molar-refractivity contribution >= 4 is 11.9 Å². The van der Waals surface area contributed by atoms with Gasteiger partial charge in [0.05, 0.1) is 18.4 Å². The highest BCUT2D eigenvalue weighted by atomic mass is 16.5. The fourth-order valence-electron chi connectivity index (χ4n) is 2.36. The smallest absolute Gasteiger partial charge is 0.258 e. The molecule has 0 unspecified atom stereocenters. The minimum Gasteiger partial charge on any atom is -0.497 e. The normalized spacial score (nSPS) is 10.6. The lowest BCUT2D eigenvalue weighted by atomic mass is 10.2. The number of methoxy groups -OCH3 is 1. The van der Waals surface area contributed by atoms with E-state index in [0.29, 0.717) is 34.7 Å². The van der Waals surface area contributed by atoms with Crippen molar-refractivity contribution in [1.82, 2.24) is 9.38 Å². The highest BCUT2D eigenvalue weighted by molar-refractivity contribution is 5.80. The Bertz CT molecular complexity index is 963. The average Bonchev–Trinajstić information content (AvgIpc) is 2.60. The number of aromatic nitrogens is 2. The predicted octanol–water partition coefficient (Wildman–Crippen LogP) is 2.40. The fraction of sp³-hybridized carbons (Fsp3) is 0.167. The van der Waals surface area contributed by atoms with Gasteiger partial charge in [0.15, 0.2) is 6.29 Å². The van der Waals surface area contributed by atoms with E-state index in [1.807, 2.05) is 13.0 Å². The topological polar surface area (TPSA) is 69.9 Å². The van der Waals surface area contributed by atoms with Gasteiger partial charge in [-0.25, -0.2) is 4.98 Å². The second-order valence-corrected chi connectivity index (χ2v) is 5.33. The highest BCUT2D eigenvalue weighted by Crippen LogP contribution is 2.23. The van der Waals surface area contributed by atoms with E-state index in [1.165, 1.54) is 17.6 Å². The molecule has 1 aromatic carbocycles. The van der Waals surface area contributed by atoms with E-state index in [4.69, 9.17) is 9.47 Å². The van der Waals surface area contributed by atoms with Crippen LogP contribution in [0.5, 0.6) is 11.5 Å². The van der Waals surface area contributed by atoms with Gasteiger partial charge in [0.25, 0.3) is 5.56 Å². The van der Waals surface area contributed by atoms with Crippen molar-refractivity contribution < 1.29 is 14.3 Å². The van der Waals surface area contributed by atoms with Crippen molar-refractivity contribution in [3.05, 3.63) is 69.8 Å². The third-order valence-electron chi connectivity index (χ3n) is 3.58. The maximum absolute atomic E-state index is 12.2. The van der Waals surface area contributed by atoms with Gasteiger partial charge in [-0.15, -0.1) is 0 Å². The first-order valence-electron chi connectivity index (χ1n) is 7.35. The van der Waals surface area contributed by atoms with E-state index in [0.717, 1.165) is 5.56 Å². The molecule has 6 nitrogen and oxygen atoms in total. The molecule has 0 fully saturated rings. The van der Waals surface area contributed by atoms with Gasteiger partial charge in [-0.1, -0.05) is 6.07 Å². The third-order valence-corrected chi connectivity index (χ3v) is 3.58. The Morgan fingerprint density at radius 1 is 1.21 bits per heavy atom. The molecule has 0 spiro atoms. The van der Waals surface area contributed by atoms with Crippen molar-refractivity contribution in [3.8, 4) is 11.5 Å². The van der Waals surface area contributed by atoms with E-state index in [9.17, 15) is 9.59 Å². The lowest BCUT2D eigenvalue weighted by Gasteiger charge is -2.10. The van der Waals surface area contributed by atoms with E-state index in [-0.39, 0.29) is 12.2 Å². The van der Waals surface area contributed by atoms with Gasteiger partial charge in [0.1, 0.15) is 23.8 Å². The summed E-state index contributed by atoms with van der Waals surface area (Å²) in [5, 5.41) is 0. The van der Waals surface area contributed by atoms with Crippen LogP contribution in [0.4, 0.5) is 0 Å². The van der Waals surface area contributed by atoms with Crippen LogP contribution in [-0.4, -0.2) is 22.8 Å². The van der Waals surface area contributed by atoms with Crippen LogP contribution in [0.2, 0.25) is 0 Å². The monoisotopic (exact) mass is 324 g/mol. The zero-order valence-electron chi connectivity index (χ0n) is 13.4. The van der Waals surface area contributed by atoms with E-state index in [2.05, 4.69) is 4.98 Å². The van der Waals surface area contributed by atoms with Gasteiger partial charge in [-0.2, -0.15) is 0 Å². The summed E-state index contributed by atoms with van der Waals surface area (Å²) in [5.41, 5.74) is 2.23. The van der Waals surface area contributed by atoms with Gasteiger partial charge in [0, 0.05) is 12.3 Å². The van der Waals surface area contributed by atoms with Gasteiger partial charge in [-0.05, 0) is 36.8 Å². The first-order chi connectivity index (χ1) is 11.6. The van der Waals surface area contributed by atoms with Crippen LogP contribution in [0.15, 0.2) is 47.4 Å². The zero-order chi connectivity index (χ0) is 17.1. The van der Waals surface area contributed by atoms with Crippen LogP contribution in [0.1, 0.15) is 21.6 Å². The largest absolute Gasteiger partial charge is 0.497 e. The summed E-state index contributed by atoms with van der Waals surface area (Å²) < 4.78 is 12.2. The van der Waals surface area contributed by atoms with Crippen LogP contribution < -0.4 is 15.0 Å². The second kappa shape index (κ2) is 6.54. The third kappa shape index (κ3) is 3.12. The molecule has 0 saturated carbocycles. The summed E-state index contributed by atoms with van der Waals surface area (Å²) in [7, 11) is 1.53. The summed E-state index contributed by atoms with van der Waals surface area (Å²) >= 11 is 0. The standard InChI is InChI=1S/C18H16N2O4/c1-12-3-6-17-19-14(8-18(22)20(17)9-12)11-24-16-5-4-15(23-2)7-13(16)10-21/h3-10H,11H2,1-2H3. The first-order valence-corrected chi connectivity index (χ1v) is 7.35. The molecule has 24 heavy (non-hydrogen) atoms. The lowest BCUT2D eigenvalue weighted by molar-refractivity contribution is 0.111. The number of aldehydes is 1. The number of rotatable bonds is 5. The van der Waals surface area contributed by atoms with E-state index < -0.39 is 0 Å². The molecule has 0 aliphatic carbocycles. The number of hydrogen-bond acceptors (Lipinski definition) is 5. The SMILES string of the molecule is COc1ccc(OCc2cc(=O)n3cc(C)ccc3n2)c(C=O)c1. The minimum atomic E-state index is -0.173. The Kier molecular flexibility index (Phi) is 4.29. The van der Waals surface area contributed by atoms with Crippen LogP contribution >= 0.6 is 0 Å².